The number of rotatable bonds is 6. The largest absolute Gasteiger partial charge is 0.573 e. The zero-order chi connectivity index (χ0) is 23.7. The van der Waals surface area contributed by atoms with Crippen LogP contribution in [0.1, 0.15) is 24.4 Å². The Hall–Kier alpha value is -3.15. The molecule has 3 rings (SSSR count). The topological polar surface area (TPSA) is 96.4 Å². The molecule has 174 valence electrons. The van der Waals surface area contributed by atoms with Gasteiger partial charge >= 0.3 is 12.5 Å². The standard InChI is InChI=1S/C20H21F3N2O6S/c1-24(32(2,28)29)13-5-10-18(16(12-13)17-4-3-11-25(17)19(26)27)30-14-6-8-15(9-7-14)31-20(21,22)23/h5-10,12,17H,3-4,11H2,1-2H3,(H,26,27). The van der Waals surface area contributed by atoms with Crippen LogP contribution in [-0.4, -0.2) is 50.7 Å². The van der Waals surface area contributed by atoms with Gasteiger partial charge in [-0.15, -0.1) is 13.2 Å². The molecule has 1 atom stereocenters. The number of anilines is 1. The Bertz CT molecular complexity index is 1090. The van der Waals surface area contributed by atoms with Gasteiger partial charge in [-0.2, -0.15) is 0 Å². The van der Waals surface area contributed by atoms with Crippen LogP contribution < -0.4 is 13.8 Å². The molecule has 0 aromatic heterocycles. The van der Waals surface area contributed by atoms with Gasteiger partial charge in [-0.1, -0.05) is 0 Å². The Labute approximate surface area is 182 Å². The Morgan fingerprint density at radius 2 is 1.78 bits per heavy atom. The zero-order valence-corrected chi connectivity index (χ0v) is 18.0. The number of hydrogen-bond donors (Lipinski definition) is 1. The van der Waals surface area contributed by atoms with Crippen molar-refractivity contribution in [3.63, 3.8) is 0 Å². The normalized spacial score (nSPS) is 16.7. The van der Waals surface area contributed by atoms with E-state index in [0.29, 0.717) is 30.6 Å². The van der Waals surface area contributed by atoms with Gasteiger partial charge in [0, 0.05) is 19.2 Å². The molecule has 2 aromatic carbocycles. The molecule has 0 bridgehead atoms. The van der Waals surface area contributed by atoms with Crippen LogP contribution >= 0.6 is 0 Å². The summed E-state index contributed by atoms with van der Waals surface area (Å²) in [6.07, 6.45) is -3.77. The van der Waals surface area contributed by atoms with E-state index in [4.69, 9.17) is 4.74 Å². The van der Waals surface area contributed by atoms with Crippen molar-refractivity contribution in [3.05, 3.63) is 48.0 Å². The van der Waals surface area contributed by atoms with Crippen molar-refractivity contribution in [2.75, 3.05) is 24.2 Å². The van der Waals surface area contributed by atoms with Crippen molar-refractivity contribution in [2.45, 2.75) is 25.2 Å². The van der Waals surface area contributed by atoms with Crippen molar-refractivity contribution < 1.29 is 41.0 Å². The molecule has 1 aliphatic heterocycles. The average molecular weight is 474 g/mol. The summed E-state index contributed by atoms with van der Waals surface area (Å²) in [5, 5.41) is 9.53. The molecule has 1 saturated heterocycles. The number of carboxylic acid groups (broad SMARTS) is 1. The highest BCUT2D eigenvalue weighted by atomic mass is 32.2. The van der Waals surface area contributed by atoms with Crippen molar-refractivity contribution in [1.29, 1.82) is 0 Å². The lowest BCUT2D eigenvalue weighted by Crippen LogP contribution is -2.29. The third kappa shape index (κ3) is 5.55. The molecule has 1 amide bonds. The minimum absolute atomic E-state index is 0.199. The maximum Gasteiger partial charge on any atom is 0.573 e. The van der Waals surface area contributed by atoms with Crippen molar-refractivity contribution in [1.82, 2.24) is 4.90 Å². The van der Waals surface area contributed by atoms with Crippen LogP contribution in [0.15, 0.2) is 42.5 Å². The number of sulfonamides is 1. The summed E-state index contributed by atoms with van der Waals surface area (Å²) in [5.41, 5.74) is 0.773. The van der Waals surface area contributed by atoms with Crippen molar-refractivity contribution in [3.8, 4) is 17.2 Å². The third-order valence-electron chi connectivity index (χ3n) is 5.00. The van der Waals surface area contributed by atoms with Crippen LogP contribution in [0.5, 0.6) is 17.2 Å². The number of benzene rings is 2. The molecule has 1 aliphatic rings. The van der Waals surface area contributed by atoms with Crippen LogP contribution in [0, 0.1) is 0 Å². The van der Waals surface area contributed by atoms with E-state index in [1.165, 1.54) is 36.2 Å². The Morgan fingerprint density at radius 3 is 2.34 bits per heavy atom. The van der Waals surface area contributed by atoms with E-state index in [9.17, 15) is 31.5 Å². The number of amides is 1. The average Bonchev–Trinajstić information content (AvgIpc) is 3.17. The van der Waals surface area contributed by atoms with Gasteiger partial charge < -0.3 is 19.5 Å². The first-order chi connectivity index (χ1) is 14.8. The molecule has 32 heavy (non-hydrogen) atoms. The summed E-state index contributed by atoms with van der Waals surface area (Å²) in [6.45, 7) is 0.315. The summed E-state index contributed by atoms with van der Waals surface area (Å²) in [5.74, 6) is 0.0474. The predicted molar refractivity (Wildman–Crippen MR) is 110 cm³/mol. The van der Waals surface area contributed by atoms with E-state index >= 15 is 0 Å². The molecule has 1 N–H and O–H groups in total. The number of likely N-dealkylation sites (tertiary alicyclic amines) is 1. The number of alkyl halides is 3. The molecule has 0 aliphatic carbocycles. The van der Waals surface area contributed by atoms with Gasteiger partial charge in [0.15, 0.2) is 0 Å². The van der Waals surface area contributed by atoms with E-state index in [2.05, 4.69) is 4.74 Å². The Balaban J connectivity index is 1.96. The minimum atomic E-state index is -4.82. The first-order valence-corrected chi connectivity index (χ1v) is 11.3. The van der Waals surface area contributed by atoms with E-state index in [-0.39, 0.29) is 11.5 Å². The molecular weight excluding hydrogens is 453 g/mol. The highest BCUT2D eigenvalue weighted by Crippen LogP contribution is 2.41. The summed E-state index contributed by atoms with van der Waals surface area (Å²) >= 11 is 0. The maximum absolute atomic E-state index is 12.4. The summed E-state index contributed by atoms with van der Waals surface area (Å²) in [4.78, 5) is 12.9. The number of ether oxygens (including phenoxy) is 2. The quantitative estimate of drug-likeness (QED) is 0.658. The molecule has 1 heterocycles. The third-order valence-corrected chi connectivity index (χ3v) is 6.20. The first kappa shape index (κ1) is 23.5. The summed E-state index contributed by atoms with van der Waals surface area (Å²) in [7, 11) is -2.19. The second-order valence-electron chi connectivity index (χ2n) is 7.21. The molecule has 8 nitrogen and oxygen atoms in total. The zero-order valence-electron chi connectivity index (χ0n) is 17.2. The molecule has 0 radical (unpaired) electrons. The smallest absolute Gasteiger partial charge is 0.465 e. The van der Waals surface area contributed by atoms with Crippen LogP contribution in [0.4, 0.5) is 23.7 Å². The van der Waals surface area contributed by atoms with Crippen LogP contribution in [0.25, 0.3) is 0 Å². The van der Waals surface area contributed by atoms with Gasteiger partial charge in [0.25, 0.3) is 0 Å². The van der Waals surface area contributed by atoms with E-state index < -0.39 is 34.3 Å². The summed E-state index contributed by atoms with van der Waals surface area (Å²) in [6, 6.07) is 8.73. The molecule has 0 spiro atoms. The first-order valence-electron chi connectivity index (χ1n) is 9.46. The maximum atomic E-state index is 12.4. The monoisotopic (exact) mass is 474 g/mol. The molecule has 1 unspecified atom stereocenters. The number of hydrogen-bond acceptors (Lipinski definition) is 5. The van der Waals surface area contributed by atoms with Crippen LogP contribution in [0.3, 0.4) is 0 Å². The molecule has 2 aromatic rings. The van der Waals surface area contributed by atoms with Gasteiger partial charge in [-0.25, -0.2) is 13.2 Å². The Morgan fingerprint density at radius 1 is 1.16 bits per heavy atom. The second kappa shape index (κ2) is 8.77. The predicted octanol–water partition coefficient (Wildman–Crippen LogP) is 4.59. The fourth-order valence-electron chi connectivity index (χ4n) is 3.43. The van der Waals surface area contributed by atoms with E-state index in [1.54, 1.807) is 6.07 Å². The van der Waals surface area contributed by atoms with Crippen molar-refractivity contribution >= 4 is 21.8 Å². The van der Waals surface area contributed by atoms with Crippen molar-refractivity contribution in [2.24, 2.45) is 0 Å². The number of nitrogens with zero attached hydrogens (tertiary/aromatic N) is 2. The van der Waals surface area contributed by atoms with Gasteiger partial charge in [0.05, 0.1) is 18.0 Å². The lowest BCUT2D eigenvalue weighted by molar-refractivity contribution is -0.274. The molecule has 0 saturated carbocycles. The van der Waals surface area contributed by atoms with E-state index in [0.717, 1.165) is 22.7 Å². The molecule has 12 heteroatoms. The second-order valence-corrected chi connectivity index (χ2v) is 9.22. The Kier molecular flexibility index (Phi) is 6.44. The summed E-state index contributed by atoms with van der Waals surface area (Å²) < 4.78 is 71.7. The van der Waals surface area contributed by atoms with Gasteiger partial charge in [0.1, 0.15) is 17.2 Å². The fourth-order valence-corrected chi connectivity index (χ4v) is 3.93. The van der Waals surface area contributed by atoms with Crippen LogP contribution in [0.2, 0.25) is 0 Å². The molecular formula is C20H21F3N2O6S. The van der Waals surface area contributed by atoms with Crippen LogP contribution in [-0.2, 0) is 10.0 Å². The minimum Gasteiger partial charge on any atom is -0.465 e. The van der Waals surface area contributed by atoms with Gasteiger partial charge in [-0.3, -0.25) is 4.31 Å². The van der Waals surface area contributed by atoms with E-state index in [1.807, 2.05) is 0 Å². The lowest BCUT2D eigenvalue weighted by Gasteiger charge is -2.26. The number of carbonyl (C=O) groups is 1. The molecule has 1 fully saturated rings. The fraction of sp³-hybridized carbons (Fsp3) is 0.350. The highest BCUT2D eigenvalue weighted by molar-refractivity contribution is 7.92. The number of halogens is 3. The van der Waals surface area contributed by atoms with Gasteiger partial charge in [0.2, 0.25) is 10.0 Å². The van der Waals surface area contributed by atoms with Gasteiger partial charge in [-0.05, 0) is 55.3 Å². The highest BCUT2D eigenvalue weighted by Gasteiger charge is 2.33. The SMILES string of the molecule is CN(c1ccc(Oc2ccc(OC(F)(F)F)cc2)c(C2CCCN2C(=O)O)c1)S(C)(=O)=O. The lowest BCUT2D eigenvalue weighted by atomic mass is 10.0.